The summed E-state index contributed by atoms with van der Waals surface area (Å²) in [5, 5.41) is 18.4. The fourth-order valence-corrected chi connectivity index (χ4v) is 3.61. The number of phenolic OH excluding ortho intramolecular Hbond substituents is 1. The summed E-state index contributed by atoms with van der Waals surface area (Å²) in [6, 6.07) is 11.4. The number of allylic oxidation sites excluding steroid dienone is 1. The summed E-state index contributed by atoms with van der Waals surface area (Å²) >= 11 is 0. The minimum Gasteiger partial charge on any atom is -0.507 e. The predicted molar refractivity (Wildman–Crippen MR) is 119 cm³/mol. The molecule has 0 amide bonds. The zero-order chi connectivity index (χ0) is 21.7. The molecule has 0 unspecified atom stereocenters. The molecule has 2 N–H and O–H groups in total. The van der Waals surface area contributed by atoms with Crippen molar-refractivity contribution in [2.75, 3.05) is 13.1 Å². The Kier molecular flexibility index (Phi) is 7.29. The van der Waals surface area contributed by atoms with E-state index in [-0.39, 0.29) is 17.6 Å². The number of Topliss-reactive ketones (excluding diaryl/α,β-unsaturated/α-hetero) is 1. The Morgan fingerprint density at radius 2 is 1.73 bits per heavy atom. The Labute approximate surface area is 178 Å². The Hall–Kier alpha value is -2.63. The van der Waals surface area contributed by atoms with Gasteiger partial charge in [0.1, 0.15) is 11.5 Å². The summed E-state index contributed by atoms with van der Waals surface area (Å²) in [4.78, 5) is 15.0. The molecule has 0 radical (unpaired) electrons. The van der Waals surface area contributed by atoms with E-state index in [0.29, 0.717) is 29.2 Å². The number of aliphatic hydroxyl groups excluding tert-OH is 1. The van der Waals surface area contributed by atoms with Crippen LogP contribution in [0.25, 0.3) is 6.08 Å². The van der Waals surface area contributed by atoms with Gasteiger partial charge in [0.15, 0.2) is 5.76 Å². The number of ketones is 1. The number of ether oxygens (including phenoxy) is 1. The molecule has 2 aliphatic rings. The van der Waals surface area contributed by atoms with Crippen molar-refractivity contribution in [3.63, 3.8) is 0 Å². The smallest absolute Gasteiger partial charge is 0.231 e. The van der Waals surface area contributed by atoms with Gasteiger partial charge in [-0.1, -0.05) is 31.2 Å². The Bertz CT molecular complexity index is 907. The number of nitrogens with zero attached hydrogens (tertiary/aromatic N) is 1. The van der Waals surface area contributed by atoms with E-state index >= 15 is 0 Å². The van der Waals surface area contributed by atoms with Gasteiger partial charge in [-0.25, -0.2) is 0 Å². The topological polar surface area (TPSA) is 70.0 Å². The van der Waals surface area contributed by atoms with Gasteiger partial charge in [-0.2, -0.15) is 0 Å². The second-order valence-electron chi connectivity index (χ2n) is 8.05. The maximum absolute atomic E-state index is 12.7. The molecule has 0 aromatic heterocycles. The largest absolute Gasteiger partial charge is 0.507 e. The molecule has 2 heterocycles. The highest BCUT2D eigenvalue weighted by atomic mass is 16.5. The number of hydrogen-bond donors (Lipinski definition) is 2. The third-order valence-corrected chi connectivity index (χ3v) is 5.18. The third kappa shape index (κ3) is 5.29. The zero-order valence-corrected chi connectivity index (χ0v) is 18.0. The van der Waals surface area contributed by atoms with Gasteiger partial charge in [0.05, 0.1) is 11.1 Å². The number of hydrogen-bond acceptors (Lipinski definition) is 5. The Balaban J connectivity index is 0.000000589. The monoisotopic (exact) mass is 409 g/mol. The highest BCUT2D eigenvalue weighted by molar-refractivity contribution is 6.15. The van der Waals surface area contributed by atoms with Crippen LogP contribution in [0.2, 0.25) is 0 Å². The van der Waals surface area contributed by atoms with Crippen LogP contribution < -0.4 is 4.74 Å². The minimum absolute atomic E-state index is 0.123. The molecular formula is C25H31NO4. The van der Waals surface area contributed by atoms with Crippen LogP contribution in [0, 0.1) is 0 Å². The Morgan fingerprint density at radius 1 is 1.10 bits per heavy atom. The first-order valence-corrected chi connectivity index (χ1v) is 10.7. The van der Waals surface area contributed by atoms with Crippen molar-refractivity contribution in [1.29, 1.82) is 0 Å². The quantitative estimate of drug-likeness (QED) is 0.725. The molecule has 0 saturated carbocycles. The number of rotatable bonds is 4. The predicted octanol–water partition coefficient (Wildman–Crippen LogP) is 4.55. The fourth-order valence-electron chi connectivity index (χ4n) is 3.61. The van der Waals surface area contributed by atoms with E-state index < -0.39 is 0 Å². The van der Waals surface area contributed by atoms with Gasteiger partial charge in [0, 0.05) is 12.6 Å². The lowest BCUT2D eigenvalue weighted by Gasteiger charge is -2.17. The molecule has 1 saturated heterocycles. The van der Waals surface area contributed by atoms with E-state index in [4.69, 9.17) is 9.84 Å². The average Bonchev–Trinajstić information content (AvgIpc) is 3.33. The first kappa shape index (κ1) is 22.1. The number of aromatic hydroxyl groups is 1. The minimum atomic E-state index is -0.167. The van der Waals surface area contributed by atoms with Gasteiger partial charge in [0.25, 0.3) is 0 Å². The number of phenols is 1. The van der Waals surface area contributed by atoms with Crippen molar-refractivity contribution in [3.05, 3.63) is 64.4 Å². The van der Waals surface area contributed by atoms with Gasteiger partial charge >= 0.3 is 0 Å². The van der Waals surface area contributed by atoms with Gasteiger partial charge in [-0.3, -0.25) is 9.69 Å². The van der Waals surface area contributed by atoms with Crippen molar-refractivity contribution in [2.45, 2.75) is 52.7 Å². The van der Waals surface area contributed by atoms with Gasteiger partial charge in [0.2, 0.25) is 5.78 Å². The van der Waals surface area contributed by atoms with E-state index in [0.717, 1.165) is 25.1 Å². The maximum Gasteiger partial charge on any atom is 0.231 e. The summed E-state index contributed by atoms with van der Waals surface area (Å²) < 4.78 is 5.93. The first-order chi connectivity index (χ1) is 14.4. The van der Waals surface area contributed by atoms with Crippen LogP contribution in [0.5, 0.6) is 11.5 Å². The first-order valence-electron chi connectivity index (χ1n) is 10.7. The second kappa shape index (κ2) is 9.92. The SMILES string of the molecule is CC(C)O.CCc1ccc(/C=C2\Oc3c(ccc(O)c3CN3CCCC3)C2=O)cc1. The molecule has 0 spiro atoms. The Morgan fingerprint density at radius 3 is 2.33 bits per heavy atom. The summed E-state index contributed by atoms with van der Waals surface area (Å²) in [6.07, 6.45) is 4.94. The number of benzene rings is 2. The lowest BCUT2D eigenvalue weighted by atomic mass is 10.0. The number of aryl methyl sites for hydroxylation is 1. The van der Waals surface area contributed by atoms with E-state index in [1.165, 1.54) is 18.4 Å². The van der Waals surface area contributed by atoms with Gasteiger partial charge in [-0.05, 0) is 75.5 Å². The van der Waals surface area contributed by atoms with E-state index in [1.54, 1.807) is 32.1 Å². The van der Waals surface area contributed by atoms with Crippen molar-refractivity contribution in [1.82, 2.24) is 4.90 Å². The van der Waals surface area contributed by atoms with Crippen molar-refractivity contribution < 1.29 is 19.7 Å². The van der Waals surface area contributed by atoms with Crippen molar-refractivity contribution in [2.24, 2.45) is 0 Å². The molecule has 1 fully saturated rings. The van der Waals surface area contributed by atoms with Crippen molar-refractivity contribution in [3.8, 4) is 11.5 Å². The van der Waals surface area contributed by atoms with Crippen LogP contribution in [0.1, 0.15) is 60.7 Å². The summed E-state index contributed by atoms with van der Waals surface area (Å²) in [7, 11) is 0. The van der Waals surface area contributed by atoms with Crippen LogP contribution in [-0.2, 0) is 13.0 Å². The van der Waals surface area contributed by atoms with Crippen LogP contribution in [0.15, 0.2) is 42.2 Å². The summed E-state index contributed by atoms with van der Waals surface area (Å²) in [5.41, 5.74) is 3.44. The normalized spacial score (nSPS) is 17.1. The molecule has 4 rings (SSSR count). The molecule has 0 aliphatic carbocycles. The summed E-state index contributed by atoms with van der Waals surface area (Å²) in [6.45, 7) is 8.20. The molecular weight excluding hydrogens is 378 g/mol. The summed E-state index contributed by atoms with van der Waals surface area (Å²) in [5.74, 6) is 0.898. The molecule has 30 heavy (non-hydrogen) atoms. The molecule has 2 aliphatic heterocycles. The number of likely N-dealkylation sites (tertiary alicyclic amines) is 1. The molecule has 5 heteroatoms. The maximum atomic E-state index is 12.7. The van der Waals surface area contributed by atoms with E-state index in [9.17, 15) is 9.90 Å². The number of carbonyl (C=O) groups excluding carboxylic acids is 1. The lowest BCUT2D eigenvalue weighted by molar-refractivity contribution is 0.101. The molecule has 160 valence electrons. The standard InChI is InChI=1S/C22H23NO3.C3H8O/c1-2-15-5-7-16(8-6-15)13-20-21(25)17-9-10-19(24)18(22(17)26-20)14-23-11-3-4-12-23;1-3(2)4/h5-10,13,24H,2-4,11-12,14H2,1H3;3-4H,1-2H3/b20-13-;. The molecule has 2 aromatic rings. The highest BCUT2D eigenvalue weighted by Crippen LogP contribution is 2.40. The number of fused-ring (bicyclic) bond motifs is 1. The van der Waals surface area contributed by atoms with E-state index in [2.05, 4.69) is 24.0 Å². The molecule has 0 atom stereocenters. The number of carbonyl (C=O) groups is 1. The second-order valence-corrected chi connectivity index (χ2v) is 8.05. The van der Waals surface area contributed by atoms with Gasteiger partial charge < -0.3 is 14.9 Å². The van der Waals surface area contributed by atoms with Gasteiger partial charge in [-0.15, -0.1) is 0 Å². The van der Waals surface area contributed by atoms with Crippen LogP contribution in [0.3, 0.4) is 0 Å². The third-order valence-electron chi connectivity index (χ3n) is 5.18. The highest BCUT2D eigenvalue weighted by Gasteiger charge is 2.31. The van der Waals surface area contributed by atoms with E-state index in [1.807, 2.05) is 12.1 Å². The van der Waals surface area contributed by atoms with Crippen LogP contribution in [0.4, 0.5) is 0 Å². The van der Waals surface area contributed by atoms with Crippen LogP contribution >= 0.6 is 0 Å². The molecule has 2 aromatic carbocycles. The van der Waals surface area contributed by atoms with Crippen LogP contribution in [-0.4, -0.2) is 40.1 Å². The molecule has 0 bridgehead atoms. The lowest BCUT2D eigenvalue weighted by Crippen LogP contribution is -2.18. The van der Waals surface area contributed by atoms with Crippen molar-refractivity contribution >= 4 is 11.9 Å². The number of aliphatic hydroxyl groups is 1. The molecule has 5 nitrogen and oxygen atoms in total. The average molecular weight is 410 g/mol. The zero-order valence-electron chi connectivity index (χ0n) is 18.0. The fraction of sp³-hybridized carbons (Fsp3) is 0.400.